The van der Waals surface area contributed by atoms with Crippen molar-refractivity contribution < 1.29 is 23.2 Å². The van der Waals surface area contributed by atoms with E-state index in [0.29, 0.717) is 64.6 Å². The van der Waals surface area contributed by atoms with E-state index in [4.69, 9.17) is 28.9 Å². The largest absolute Gasteiger partial charge is 0.416 e. The standard InChI is InChI=1S/C30H34Cl2F3N5O2/c1-19(2)15-26(36)23-17-21(30(33,34)35)7-9-27(23)38-11-13-39(14-12-38)29(41)24(28-5-3-4-10-37-40(28)42)16-20-6-8-22(31)18-25(20)32/h3-10,17-19,24,26,42H,11-16,36H2,1-2H3. The fourth-order valence-corrected chi connectivity index (χ4v) is 5.74. The lowest BCUT2D eigenvalue weighted by atomic mass is 9.93. The number of benzene rings is 2. The Morgan fingerprint density at radius 3 is 2.43 bits per heavy atom. The molecule has 0 radical (unpaired) electrons. The summed E-state index contributed by atoms with van der Waals surface area (Å²) in [4.78, 5) is 17.6. The molecular weight excluding hydrogens is 590 g/mol. The van der Waals surface area contributed by atoms with E-state index in [0.717, 1.165) is 12.1 Å². The maximum atomic E-state index is 14.0. The number of nitrogens with two attached hydrogens (primary N) is 1. The highest BCUT2D eigenvalue weighted by molar-refractivity contribution is 6.35. The van der Waals surface area contributed by atoms with E-state index in [1.54, 1.807) is 41.3 Å². The minimum atomic E-state index is -4.48. The summed E-state index contributed by atoms with van der Waals surface area (Å²) in [5.41, 5.74) is 7.71. The summed E-state index contributed by atoms with van der Waals surface area (Å²) < 4.78 is 40.6. The summed E-state index contributed by atoms with van der Waals surface area (Å²) in [7, 11) is 0. The second-order valence-corrected chi connectivity index (χ2v) is 11.7. The van der Waals surface area contributed by atoms with Crippen molar-refractivity contribution in [2.24, 2.45) is 22.7 Å². The Kier molecular flexibility index (Phi) is 10.2. The van der Waals surface area contributed by atoms with E-state index in [-0.39, 0.29) is 23.9 Å². The van der Waals surface area contributed by atoms with E-state index in [1.807, 2.05) is 18.7 Å². The number of anilines is 1. The molecule has 0 saturated carbocycles. The van der Waals surface area contributed by atoms with Crippen LogP contribution in [0.3, 0.4) is 0 Å². The van der Waals surface area contributed by atoms with Crippen LogP contribution < -0.4 is 10.6 Å². The maximum absolute atomic E-state index is 14.0. The van der Waals surface area contributed by atoms with Gasteiger partial charge in [-0.3, -0.25) is 10.0 Å². The van der Waals surface area contributed by atoms with Crippen molar-refractivity contribution in [2.75, 3.05) is 31.1 Å². The first kappa shape index (κ1) is 31.9. The molecule has 2 aromatic carbocycles. The predicted molar refractivity (Wildman–Crippen MR) is 160 cm³/mol. The molecule has 3 N–H and O–H groups in total. The van der Waals surface area contributed by atoms with E-state index in [9.17, 15) is 23.2 Å². The fourth-order valence-electron chi connectivity index (χ4n) is 5.26. The fraction of sp³-hybridized carbons (Fsp3) is 0.400. The molecule has 2 aliphatic heterocycles. The van der Waals surface area contributed by atoms with Crippen molar-refractivity contribution in [3.63, 3.8) is 0 Å². The van der Waals surface area contributed by atoms with Crippen LogP contribution in [0.15, 0.2) is 65.4 Å². The highest BCUT2D eigenvalue weighted by Crippen LogP contribution is 2.37. The van der Waals surface area contributed by atoms with Crippen LogP contribution in [-0.4, -0.2) is 53.6 Å². The number of hydrogen-bond donors (Lipinski definition) is 2. The van der Waals surface area contributed by atoms with E-state index in [2.05, 4.69) is 5.10 Å². The summed E-state index contributed by atoms with van der Waals surface area (Å²) in [6, 6.07) is 8.16. The number of hydrazone groups is 1. The lowest BCUT2D eigenvalue weighted by Crippen LogP contribution is -2.51. The third kappa shape index (κ3) is 7.66. The molecule has 0 bridgehead atoms. The SMILES string of the molecule is CC(C)CC(N)c1cc(C(F)(F)F)ccc1N1CCN(C(=O)C(Cc2ccc(Cl)cc2Cl)C2=CC=CC=NN2O)CC1. The van der Waals surface area contributed by atoms with Gasteiger partial charge in [-0.1, -0.05) is 49.2 Å². The molecule has 1 saturated heterocycles. The zero-order valence-electron chi connectivity index (χ0n) is 23.4. The molecule has 4 rings (SSSR count). The van der Waals surface area contributed by atoms with Gasteiger partial charge in [0.2, 0.25) is 5.91 Å². The monoisotopic (exact) mass is 623 g/mol. The normalized spacial score (nSPS) is 17.4. The van der Waals surface area contributed by atoms with Crippen LogP contribution in [-0.2, 0) is 17.4 Å². The van der Waals surface area contributed by atoms with Gasteiger partial charge in [-0.25, -0.2) is 0 Å². The summed E-state index contributed by atoms with van der Waals surface area (Å²) >= 11 is 12.5. The first-order valence-corrected chi connectivity index (χ1v) is 14.4. The predicted octanol–water partition coefficient (Wildman–Crippen LogP) is 6.70. The Hall–Kier alpha value is -3.05. The van der Waals surface area contributed by atoms with Gasteiger partial charge in [0.25, 0.3) is 0 Å². The van der Waals surface area contributed by atoms with Crippen LogP contribution in [0.2, 0.25) is 10.0 Å². The number of hydrogen-bond acceptors (Lipinski definition) is 6. The van der Waals surface area contributed by atoms with E-state index < -0.39 is 23.7 Å². The van der Waals surface area contributed by atoms with E-state index in [1.165, 1.54) is 12.3 Å². The van der Waals surface area contributed by atoms with Gasteiger partial charge in [-0.15, -0.1) is 5.17 Å². The average molecular weight is 625 g/mol. The van der Waals surface area contributed by atoms with Gasteiger partial charge in [0, 0.05) is 54.2 Å². The van der Waals surface area contributed by atoms with Crippen molar-refractivity contribution in [3.8, 4) is 0 Å². The summed E-state index contributed by atoms with van der Waals surface area (Å²) in [6.45, 7) is 5.38. The second kappa shape index (κ2) is 13.5. The average Bonchev–Trinajstić information content (AvgIpc) is 3.15. The molecule has 2 unspecified atom stereocenters. The van der Waals surface area contributed by atoms with Crippen LogP contribution in [0, 0.1) is 11.8 Å². The van der Waals surface area contributed by atoms with Gasteiger partial charge in [-0.2, -0.15) is 18.3 Å². The second-order valence-electron chi connectivity index (χ2n) is 10.8. The van der Waals surface area contributed by atoms with Crippen molar-refractivity contribution in [3.05, 3.63) is 87.1 Å². The molecule has 42 heavy (non-hydrogen) atoms. The molecule has 7 nitrogen and oxygen atoms in total. The summed E-state index contributed by atoms with van der Waals surface area (Å²) in [6.07, 6.45) is 2.59. The number of rotatable bonds is 8. The molecule has 0 spiro atoms. The molecular formula is C30H34Cl2F3N5O2. The molecule has 2 aliphatic rings. The highest BCUT2D eigenvalue weighted by atomic mass is 35.5. The lowest BCUT2D eigenvalue weighted by molar-refractivity contribution is -0.138. The first-order valence-electron chi connectivity index (χ1n) is 13.7. The number of amides is 1. The lowest BCUT2D eigenvalue weighted by Gasteiger charge is -2.39. The molecule has 12 heteroatoms. The van der Waals surface area contributed by atoms with Gasteiger partial charge < -0.3 is 15.5 Å². The molecule has 226 valence electrons. The van der Waals surface area contributed by atoms with Crippen molar-refractivity contribution in [1.29, 1.82) is 0 Å². The minimum absolute atomic E-state index is 0.189. The highest BCUT2D eigenvalue weighted by Gasteiger charge is 2.35. The quantitative estimate of drug-likeness (QED) is 0.342. The Morgan fingerprint density at radius 2 is 1.79 bits per heavy atom. The zero-order valence-corrected chi connectivity index (χ0v) is 24.9. The molecule has 1 amide bonds. The number of carbonyl (C=O) groups is 1. The molecule has 2 atom stereocenters. The van der Waals surface area contributed by atoms with Gasteiger partial charge >= 0.3 is 6.18 Å². The summed E-state index contributed by atoms with van der Waals surface area (Å²) in [5.74, 6) is -0.853. The van der Waals surface area contributed by atoms with Crippen molar-refractivity contribution in [2.45, 2.75) is 38.9 Å². The Morgan fingerprint density at radius 1 is 1.07 bits per heavy atom. The van der Waals surface area contributed by atoms with E-state index >= 15 is 0 Å². The Balaban J connectivity index is 1.57. The number of alkyl halides is 3. The number of allylic oxidation sites excluding steroid dienone is 3. The molecule has 0 aliphatic carbocycles. The first-order chi connectivity index (χ1) is 19.8. The van der Waals surface area contributed by atoms with Crippen LogP contribution >= 0.6 is 23.2 Å². The number of hydroxylamine groups is 1. The van der Waals surface area contributed by atoms with Crippen LogP contribution in [0.5, 0.6) is 0 Å². The minimum Gasteiger partial charge on any atom is -0.368 e. The summed E-state index contributed by atoms with van der Waals surface area (Å²) in [5, 5.41) is 16.1. The van der Waals surface area contributed by atoms with Crippen molar-refractivity contribution in [1.82, 2.24) is 10.1 Å². The van der Waals surface area contributed by atoms with Crippen LogP contribution in [0.1, 0.15) is 43.0 Å². The Labute approximate surface area is 253 Å². The van der Waals surface area contributed by atoms with Gasteiger partial charge in [0.05, 0.1) is 17.2 Å². The topological polar surface area (TPSA) is 85.4 Å². The number of halogens is 5. The van der Waals surface area contributed by atoms with Crippen LogP contribution in [0.25, 0.3) is 0 Å². The van der Waals surface area contributed by atoms with Gasteiger partial charge in [0.1, 0.15) is 0 Å². The molecule has 2 heterocycles. The smallest absolute Gasteiger partial charge is 0.368 e. The number of nitrogens with zero attached hydrogens (tertiary/aromatic N) is 4. The van der Waals surface area contributed by atoms with Crippen LogP contribution in [0.4, 0.5) is 18.9 Å². The molecule has 0 aromatic heterocycles. The molecule has 2 aromatic rings. The Bertz CT molecular complexity index is 1370. The van der Waals surface area contributed by atoms with Gasteiger partial charge in [0.15, 0.2) is 0 Å². The number of carbonyl (C=O) groups excluding carboxylic acids is 1. The van der Waals surface area contributed by atoms with Crippen molar-refractivity contribution >= 4 is 41.0 Å². The zero-order chi connectivity index (χ0) is 30.6. The third-order valence-electron chi connectivity index (χ3n) is 7.38. The molecule has 1 fully saturated rings. The maximum Gasteiger partial charge on any atom is 0.416 e. The third-order valence-corrected chi connectivity index (χ3v) is 7.96. The number of piperazine rings is 1. The van der Waals surface area contributed by atoms with Gasteiger partial charge in [-0.05, 0) is 72.4 Å².